The van der Waals surface area contributed by atoms with Gasteiger partial charge in [0.25, 0.3) is 0 Å². The summed E-state index contributed by atoms with van der Waals surface area (Å²) in [5, 5.41) is 10.4. The van der Waals surface area contributed by atoms with Crippen LogP contribution in [0.5, 0.6) is 0 Å². The van der Waals surface area contributed by atoms with Gasteiger partial charge in [-0.05, 0) is 37.1 Å². The van der Waals surface area contributed by atoms with E-state index in [1.807, 2.05) is 0 Å². The van der Waals surface area contributed by atoms with Gasteiger partial charge in [-0.2, -0.15) is 0 Å². The Labute approximate surface area is 158 Å². The van der Waals surface area contributed by atoms with Crippen LogP contribution < -0.4 is 0 Å². The number of rotatable bonds is 5. The van der Waals surface area contributed by atoms with Crippen LogP contribution in [0.1, 0.15) is 25.7 Å². The first-order valence-corrected chi connectivity index (χ1v) is 11.7. The number of benzene rings is 2. The van der Waals surface area contributed by atoms with E-state index < -0.39 is 45.8 Å². The molecule has 0 radical (unpaired) electrons. The van der Waals surface area contributed by atoms with Gasteiger partial charge in [-0.1, -0.05) is 49.2 Å². The molecule has 0 saturated heterocycles. The van der Waals surface area contributed by atoms with E-state index >= 15 is 4.39 Å². The first-order chi connectivity index (χ1) is 12.7. The van der Waals surface area contributed by atoms with Crippen LogP contribution in [-0.2, 0) is 19.7 Å². The smallest absolute Gasteiger partial charge is 0.322 e. The van der Waals surface area contributed by atoms with E-state index in [-0.39, 0.29) is 12.8 Å². The third-order valence-corrected chi connectivity index (χ3v) is 10.2. The average Bonchev–Trinajstić information content (AvgIpc) is 2.69. The molecule has 0 spiro atoms. The van der Waals surface area contributed by atoms with E-state index in [0.717, 1.165) is 0 Å². The van der Waals surface area contributed by atoms with E-state index in [9.17, 15) is 21.9 Å². The summed E-state index contributed by atoms with van der Waals surface area (Å²) in [7, 11) is -9.91. The van der Waals surface area contributed by atoms with Crippen molar-refractivity contribution >= 4 is 19.7 Å². The lowest BCUT2D eigenvalue weighted by Gasteiger charge is -2.38. The van der Waals surface area contributed by atoms with Crippen LogP contribution in [0.4, 0.5) is 4.39 Å². The van der Waals surface area contributed by atoms with Gasteiger partial charge < -0.3 is 5.11 Å². The highest BCUT2D eigenvalue weighted by Crippen LogP contribution is 2.47. The Morgan fingerprint density at radius 3 is 1.59 bits per heavy atom. The molecule has 2 aromatic rings. The quantitative estimate of drug-likeness (QED) is 0.815. The summed E-state index contributed by atoms with van der Waals surface area (Å²) < 4.78 is 65.9. The molecular formula is C19H21FO5S2. The van der Waals surface area contributed by atoms with Crippen LogP contribution in [0, 0.1) is 5.92 Å². The zero-order chi connectivity index (χ0) is 19.7. The Morgan fingerprint density at radius 1 is 0.778 bits per heavy atom. The predicted octanol–water partition coefficient (Wildman–Crippen LogP) is 3.11. The maximum absolute atomic E-state index is 16.5. The summed E-state index contributed by atoms with van der Waals surface area (Å²) in [5.41, 5.74) is 0. The monoisotopic (exact) mass is 412 g/mol. The maximum Gasteiger partial charge on any atom is 0.322 e. The molecule has 1 aliphatic rings. The molecule has 1 fully saturated rings. The Morgan fingerprint density at radius 2 is 1.19 bits per heavy atom. The van der Waals surface area contributed by atoms with Crippen LogP contribution in [0.2, 0.25) is 0 Å². The molecule has 1 N–H and O–H groups in total. The van der Waals surface area contributed by atoms with Crippen molar-refractivity contribution in [1.29, 1.82) is 0 Å². The van der Waals surface area contributed by atoms with Gasteiger partial charge in [-0.3, -0.25) is 0 Å². The third kappa shape index (κ3) is 3.19. The standard InChI is InChI=1S/C19H21FO5S2/c20-19(17-13-7-8-14-18(17)21,26(22,23)15-9-3-1-4-10-15)27(24,25)16-11-5-2-6-12-16/h1-6,9-12,17-18,21H,7-8,13-14H2/t17-,18-/m1/s1. The Balaban J connectivity index is 2.28. The van der Waals surface area contributed by atoms with Gasteiger partial charge in [0.2, 0.25) is 19.7 Å². The van der Waals surface area contributed by atoms with Gasteiger partial charge in [0.1, 0.15) is 0 Å². The zero-order valence-electron chi connectivity index (χ0n) is 14.5. The minimum atomic E-state index is -4.95. The molecule has 2 atom stereocenters. The summed E-state index contributed by atoms with van der Waals surface area (Å²) in [4.78, 5) is -0.852. The molecule has 1 aliphatic carbocycles. The summed E-state index contributed by atoms with van der Waals surface area (Å²) in [6.45, 7) is 0. The number of sulfone groups is 2. The lowest BCUT2D eigenvalue weighted by Crippen LogP contribution is -2.53. The van der Waals surface area contributed by atoms with Crippen molar-refractivity contribution in [1.82, 2.24) is 0 Å². The van der Waals surface area contributed by atoms with E-state index in [0.29, 0.717) is 12.8 Å². The minimum Gasteiger partial charge on any atom is -0.393 e. The van der Waals surface area contributed by atoms with Crippen molar-refractivity contribution in [2.45, 2.75) is 45.9 Å². The van der Waals surface area contributed by atoms with Gasteiger partial charge in [0.15, 0.2) is 0 Å². The van der Waals surface area contributed by atoms with Crippen LogP contribution in [0.15, 0.2) is 70.5 Å². The lowest BCUT2D eigenvalue weighted by molar-refractivity contribution is 0.0322. The average molecular weight is 413 g/mol. The molecule has 0 unspecified atom stereocenters. The van der Waals surface area contributed by atoms with Crippen LogP contribution in [0.3, 0.4) is 0 Å². The molecule has 0 aliphatic heterocycles. The van der Waals surface area contributed by atoms with Gasteiger partial charge in [-0.25, -0.2) is 21.2 Å². The Kier molecular flexibility index (Phi) is 5.42. The SMILES string of the molecule is O=S(=O)(c1ccccc1)C(F)([C@@H]1CCCC[C@H]1O)S(=O)(=O)c1ccccc1. The van der Waals surface area contributed by atoms with E-state index in [1.54, 1.807) is 12.1 Å². The fourth-order valence-corrected chi connectivity index (χ4v) is 8.33. The van der Waals surface area contributed by atoms with Gasteiger partial charge >= 0.3 is 4.33 Å². The van der Waals surface area contributed by atoms with Crippen molar-refractivity contribution in [2.24, 2.45) is 5.92 Å². The molecule has 1 saturated carbocycles. The van der Waals surface area contributed by atoms with Gasteiger partial charge in [0.05, 0.1) is 15.9 Å². The molecule has 2 aromatic carbocycles. The number of alkyl halides is 1. The maximum atomic E-state index is 16.5. The largest absolute Gasteiger partial charge is 0.393 e. The third-order valence-electron chi connectivity index (χ3n) is 5.01. The van der Waals surface area contributed by atoms with Crippen molar-refractivity contribution < 1.29 is 26.3 Å². The van der Waals surface area contributed by atoms with Crippen molar-refractivity contribution in [3.8, 4) is 0 Å². The fraction of sp³-hybridized carbons (Fsp3) is 0.368. The minimum absolute atomic E-state index is 0.0320. The second-order valence-electron chi connectivity index (χ2n) is 6.67. The summed E-state index contributed by atoms with van der Waals surface area (Å²) in [5.74, 6) is -1.57. The van der Waals surface area contributed by atoms with Crippen molar-refractivity contribution in [3.05, 3.63) is 60.7 Å². The highest BCUT2D eigenvalue weighted by Gasteiger charge is 2.64. The van der Waals surface area contributed by atoms with Crippen molar-refractivity contribution in [3.63, 3.8) is 0 Å². The van der Waals surface area contributed by atoms with Crippen LogP contribution in [-0.4, -0.2) is 32.4 Å². The number of hydrogen-bond acceptors (Lipinski definition) is 5. The molecule has 0 aromatic heterocycles. The highest BCUT2D eigenvalue weighted by atomic mass is 32.3. The van der Waals surface area contributed by atoms with Crippen LogP contribution >= 0.6 is 0 Å². The van der Waals surface area contributed by atoms with E-state index in [4.69, 9.17) is 0 Å². The summed E-state index contributed by atoms with van der Waals surface area (Å²) >= 11 is 0. The first kappa shape index (κ1) is 20.0. The molecule has 8 heteroatoms. The van der Waals surface area contributed by atoms with E-state index in [2.05, 4.69) is 0 Å². The first-order valence-electron chi connectivity index (χ1n) is 8.69. The number of hydrogen-bond donors (Lipinski definition) is 1. The number of aliphatic hydroxyl groups is 1. The van der Waals surface area contributed by atoms with Crippen LogP contribution in [0.25, 0.3) is 0 Å². The molecule has 0 amide bonds. The predicted molar refractivity (Wildman–Crippen MR) is 99.1 cm³/mol. The molecule has 3 rings (SSSR count). The number of halogens is 1. The van der Waals surface area contributed by atoms with E-state index in [1.165, 1.54) is 48.5 Å². The Hall–Kier alpha value is -1.77. The summed E-state index contributed by atoms with van der Waals surface area (Å²) in [6.07, 6.45) is -0.200. The molecule has 5 nitrogen and oxygen atoms in total. The summed E-state index contributed by atoms with van der Waals surface area (Å²) in [6, 6.07) is 13.4. The number of aliphatic hydroxyl groups excluding tert-OH is 1. The lowest BCUT2D eigenvalue weighted by atomic mass is 9.87. The highest BCUT2D eigenvalue weighted by molar-refractivity contribution is 8.10. The second-order valence-corrected chi connectivity index (χ2v) is 11.1. The fourth-order valence-electron chi connectivity index (χ4n) is 3.58. The normalized spacial score (nSPS) is 21.7. The van der Waals surface area contributed by atoms with Gasteiger partial charge in [0, 0.05) is 5.92 Å². The molecule has 146 valence electrons. The van der Waals surface area contributed by atoms with Crippen molar-refractivity contribution in [2.75, 3.05) is 0 Å². The molecule has 0 bridgehead atoms. The van der Waals surface area contributed by atoms with Gasteiger partial charge in [-0.15, -0.1) is 0 Å². The molecule has 0 heterocycles. The topological polar surface area (TPSA) is 88.5 Å². The molecular weight excluding hydrogens is 391 g/mol. The Bertz CT molecular complexity index is 919. The zero-order valence-corrected chi connectivity index (χ0v) is 16.2. The molecule has 27 heavy (non-hydrogen) atoms. The second kappa shape index (κ2) is 7.33.